The van der Waals surface area contributed by atoms with Gasteiger partial charge in [0.25, 0.3) is 0 Å². The molecule has 1 aromatic carbocycles. The van der Waals surface area contributed by atoms with Crippen molar-refractivity contribution in [2.45, 2.75) is 63.4 Å². The molecule has 0 saturated heterocycles. The van der Waals surface area contributed by atoms with Crippen LogP contribution in [-0.2, 0) is 12.0 Å². The number of aliphatic hydroxyl groups is 1. The second-order valence-corrected chi connectivity index (χ2v) is 6.05. The highest BCUT2D eigenvalue weighted by Crippen LogP contribution is 2.42. The van der Waals surface area contributed by atoms with Gasteiger partial charge in [-0.3, -0.25) is 0 Å². The van der Waals surface area contributed by atoms with Gasteiger partial charge in [0.1, 0.15) is 5.60 Å². The minimum atomic E-state index is -0.683. The number of hydrogen-bond acceptors (Lipinski definition) is 1. The molecule has 1 aromatic rings. The molecule has 1 N–H and O–H groups in total. The molecule has 1 heteroatoms. The molecule has 0 heterocycles. The Morgan fingerprint density at radius 2 is 1.74 bits per heavy atom. The fourth-order valence-corrected chi connectivity index (χ4v) is 3.70. The Hall–Kier alpha value is -1.08. The van der Waals surface area contributed by atoms with Crippen LogP contribution in [0.4, 0.5) is 0 Å². The van der Waals surface area contributed by atoms with Gasteiger partial charge in [0.2, 0.25) is 0 Å². The number of fused-ring (bicyclic) bond motifs is 1. The standard InChI is InChI=1S/C18H24O/c19-18(16-11-3-1-2-4-12-16)14-8-7-10-15-9-5-6-13-17(15)18/h5-6,9,11,13,19H,1-4,7-8,10,12,14H2. The molecule has 1 nitrogen and oxygen atoms in total. The molecule has 0 bridgehead atoms. The highest BCUT2D eigenvalue weighted by molar-refractivity contribution is 5.40. The number of hydrogen-bond donors (Lipinski definition) is 1. The Morgan fingerprint density at radius 1 is 0.895 bits per heavy atom. The van der Waals surface area contributed by atoms with Crippen molar-refractivity contribution in [2.24, 2.45) is 0 Å². The zero-order valence-electron chi connectivity index (χ0n) is 11.7. The smallest absolute Gasteiger partial charge is 0.111 e. The molecule has 0 spiro atoms. The third-order valence-electron chi connectivity index (χ3n) is 4.77. The molecule has 0 amide bonds. The first-order valence-corrected chi connectivity index (χ1v) is 7.81. The summed E-state index contributed by atoms with van der Waals surface area (Å²) in [6.45, 7) is 0. The lowest BCUT2D eigenvalue weighted by molar-refractivity contribution is 0.0620. The molecule has 0 aliphatic heterocycles. The van der Waals surface area contributed by atoms with Crippen molar-refractivity contribution in [1.29, 1.82) is 0 Å². The Kier molecular flexibility index (Phi) is 3.74. The van der Waals surface area contributed by atoms with Crippen LogP contribution in [0.25, 0.3) is 0 Å². The maximum atomic E-state index is 11.4. The van der Waals surface area contributed by atoms with E-state index in [0.717, 1.165) is 32.1 Å². The molecule has 19 heavy (non-hydrogen) atoms. The molecule has 0 fully saturated rings. The van der Waals surface area contributed by atoms with E-state index in [1.807, 2.05) is 0 Å². The van der Waals surface area contributed by atoms with Crippen LogP contribution in [0.1, 0.15) is 62.5 Å². The van der Waals surface area contributed by atoms with E-state index in [-0.39, 0.29) is 0 Å². The molecular formula is C18H24O. The van der Waals surface area contributed by atoms with E-state index in [1.54, 1.807) is 0 Å². The lowest BCUT2D eigenvalue weighted by Crippen LogP contribution is -2.28. The van der Waals surface area contributed by atoms with Gasteiger partial charge in [0, 0.05) is 0 Å². The van der Waals surface area contributed by atoms with Crippen molar-refractivity contribution in [3.05, 3.63) is 47.0 Å². The third-order valence-corrected chi connectivity index (χ3v) is 4.77. The third kappa shape index (κ3) is 2.49. The van der Waals surface area contributed by atoms with Crippen molar-refractivity contribution in [3.8, 4) is 0 Å². The molecule has 3 rings (SSSR count). The van der Waals surface area contributed by atoms with E-state index in [4.69, 9.17) is 0 Å². The van der Waals surface area contributed by atoms with Gasteiger partial charge in [-0.1, -0.05) is 36.8 Å². The maximum absolute atomic E-state index is 11.4. The van der Waals surface area contributed by atoms with E-state index in [0.29, 0.717) is 0 Å². The van der Waals surface area contributed by atoms with Crippen LogP contribution in [0, 0.1) is 0 Å². The van der Waals surface area contributed by atoms with Gasteiger partial charge >= 0.3 is 0 Å². The number of benzene rings is 1. The summed E-state index contributed by atoms with van der Waals surface area (Å²) in [7, 11) is 0. The van der Waals surface area contributed by atoms with Crippen LogP contribution >= 0.6 is 0 Å². The first-order chi connectivity index (χ1) is 9.31. The molecule has 0 saturated carbocycles. The molecule has 0 radical (unpaired) electrons. The minimum Gasteiger partial charge on any atom is -0.381 e. The number of rotatable bonds is 1. The number of allylic oxidation sites excluding steroid dienone is 1. The summed E-state index contributed by atoms with van der Waals surface area (Å²) < 4.78 is 0. The van der Waals surface area contributed by atoms with Crippen LogP contribution < -0.4 is 0 Å². The lowest BCUT2D eigenvalue weighted by atomic mass is 9.79. The maximum Gasteiger partial charge on any atom is 0.111 e. The second-order valence-electron chi connectivity index (χ2n) is 6.05. The average molecular weight is 256 g/mol. The second kappa shape index (κ2) is 5.50. The van der Waals surface area contributed by atoms with Gasteiger partial charge in [-0.2, -0.15) is 0 Å². The van der Waals surface area contributed by atoms with Gasteiger partial charge < -0.3 is 5.11 Å². The first-order valence-electron chi connectivity index (χ1n) is 7.81. The predicted octanol–water partition coefficient (Wildman–Crippen LogP) is 4.49. The van der Waals surface area contributed by atoms with Crippen molar-refractivity contribution >= 4 is 0 Å². The van der Waals surface area contributed by atoms with E-state index in [2.05, 4.69) is 30.3 Å². The largest absolute Gasteiger partial charge is 0.381 e. The molecule has 102 valence electrons. The quantitative estimate of drug-likeness (QED) is 0.580. The minimum absolute atomic E-state index is 0.683. The molecule has 2 aliphatic rings. The van der Waals surface area contributed by atoms with Crippen molar-refractivity contribution < 1.29 is 5.11 Å². The van der Waals surface area contributed by atoms with Crippen LogP contribution in [0.5, 0.6) is 0 Å². The van der Waals surface area contributed by atoms with Crippen LogP contribution in [0.2, 0.25) is 0 Å². The van der Waals surface area contributed by atoms with Gasteiger partial charge in [-0.15, -0.1) is 0 Å². The summed E-state index contributed by atoms with van der Waals surface area (Å²) >= 11 is 0. The predicted molar refractivity (Wildman–Crippen MR) is 79.1 cm³/mol. The summed E-state index contributed by atoms with van der Waals surface area (Å²) in [5.41, 5.74) is 3.14. The van der Waals surface area contributed by atoms with Gasteiger partial charge in [-0.25, -0.2) is 0 Å². The average Bonchev–Trinajstić information content (AvgIpc) is 2.80. The summed E-state index contributed by atoms with van der Waals surface area (Å²) in [5, 5.41) is 11.4. The Morgan fingerprint density at radius 3 is 2.68 bits per heavy atom. The van der Waals surface area contributed by atoms with Crippen molar-refractivity contribution in [3.63, 3.8) is 0 Å². The normalized spacial score (nSPS) is 27.9. The fourth-order valence-electron chi connectivity index (χ4n) is 3.70. The van der Waals surface area contributed by atoms with E-state index in [1.165, 1.54) is 42.4 Å². The van der Waals surface area contributed by atoms with E-state index in [9.17, 15) is 5.11 Å². The van der Waals surface area contributed by atoms with Crippen molar-refractivity contribution in [2.75, 3.05) is 0 Å². The molecular weight excluding hydrogens is 232 g/mol. The summed E-state index contributed by atoms with van der Waals surface area (Å²) in [6, 6.07) is 8.52. The zero-order chi connectivity index (χ0) is 13.1. The Bertz CT molecular complexity index is 474. The highest BCUT2D eigenvalue weighted by Gasteiger charge is 2.36. The van der Waals surface area contributed by atoms with Crippen LogP contribution in [-0.4, -0.2) is 5.11 Å². The fraction of sp³-hybridized carbons (Fsp3) is 0.556. The summed E-state index contributed by atoms with van der Waals surface area (Å²) in [5.74, 6) is 0. The topological polar surface area (TPSA) is 20.2 Å². The van der Waals surface area contributed by atoms with E-state index >= 15 is 0 Å². The Balaban J connectivity index is 2.04. The van der Waals surface area contributed by atoms with Gasteiger partial charge in [0.15, 0.2) is 0 Å². The lowest BCUT2D eigenvalue weighted by Gasteiger charge is -2.32. The van der Waals surface area contributed by atoms with Crippen molar-refractivity contribution in [1.82, 2.24) is 0 Å². The summed E-state index contributed by atoms with van der Waals surface area (Å²) in [4.78, 5) is 0. The molecule has 0 aromatic heterocycles. The zero-order valence-corrected chi connectivity index (χ0v) is 11.7. The van der Waals surface area contributed by atoms with Gasteiger partial charge in [-0.05, 0) is 68.1 Å². The summed E-state index contributed by atoms with van der Waals surface area (Å²) in [6.07, 6.45) is 12.7. The monoisotopic (exact) mass is 256 g/mol. The molecule has 2 aliphatic carbocycles. The number of aryl methyl sites for hydroxylation is 1. The van der Waals surface area contributed by atoms with E-state index < -0.39 is 5.60 Å². The Labute approximate surface area is 116 Å². The first kappa shape index (κ1) is 12.9. The molecule has 1 atom stereocenters. The SMILES string of the molecule is OC1(C2=CCCCCC2)CCCCc2ccccc21. The van der Waals surface area contributed by atoms with Crippen LogP contribution in [0.15, 0.2) is 35.9 Å². The van der Waals surface area contributed by atoms with Crippen LogP contribution in [0.3, 0.4) is 0 Å². The molecule has 1 unspecified atom stereocenters. The van der Waals surface area contributed by atoms with Gasteiger partial charge in [0.05, 0.1) is 0 Å². The highest BCUT2D eigenvalue weighted by atomic mass is 16.3.